The first-order valence-electron chi connectivity index (χ1n) is 7.59. The molecule has 1 aliphatic rings. The van der Waals surface area contributed by atoms with Gasteiger partial charge in [0.25, 0.3) is 5.91 Å². The molecular formula is C17H16F4N2O. The SMILES string of the molecule is Cc1c(Cc2ccc(C(F)(F)F)cc2F)c[nH]c1C(=O)NC1CC1. The Morgan fingerprint density at radius 1 is 1.29 bits per heavy atom. The van der Waals surface area contributed by atoms with Crippen LogP contribution in [-0.2, 0) is 12.6 Å². The maximum Gasteiger partial charge on any atom is 0.416 e. The minimum atomic E-state index is -4.57. The average molecular weight is 340 g/mol. The number of amides is 1. The number of alkyl halides is 3. The van der Waals surface area contributed by atoms with Crippen molar-refractivity contribution in [3.63, 3.8) is 0 Å². The Labute approximate surface area is 136 Å². The summed E-state index contributed by atoms with van der Waals surface area (Å²) >= 11 is 0. The van der Waals surface area contributed by atoms with E-state index >= 15 is 0 Å². The third kappa shape index (κ3) is 3.44. The summed E-state index contributed by atoms with van der Waals surface area (Å²) in [4.78, 5) is 14.9. The van der Waals surface area contributed by atoms with Gasteiger partial charge in [-0.25, -0.2) is 4.39 Å². The van der Waals surface area contributed by atoms with Crippen LogP contribution in [0.4, 0.5) is 17.6 Å². The van der Waals surface area contributed by atoms with Gasteiger partial charge in [-0.3, -0.25) is 4.79 Å². The quantitative estimate of drug-likeness (QED) is 0.813. The highest BCUT2D eigenvalue weighted by atomic mass is 19.4. The largest absolute Gasteiger partial charge is 0.416 e. The summed E-state index contributed by atoms with van der Waals surface area (Å²) in [6, 6.07) is 2.71. The number of carbonyl (C=O) groups excluding carboxylic acids is 1. The summed E-state index contributed by atoms with van der Waals surface area (Å²) in [5, 5.41) is 2.85. The lowest BCUT2D eigenvalue weighted by Crippen LogP contribution is -2.26. The van der Waals surface area contributed by atoms with Gasteiger partial charge in [0, 0.05) is 18.7 Å². The molecule has 1 aromatic carbocycles. The van der Waals surface area contributed by atoms with Crippen LogP contribution in [0, 0.1) is 12.7 Å². The van der Waals surface area contributed by atoms with Crippen molar-refractivity contribution in [2.24, 2.45) is 0 Å². The van der Waals surface area contributed by atoms with Crippen LogP contribution >= 0.6 is 0 Å². The van der Waals surface area contributed by atoms with Gasteiger partial charge in [0.05, 0.1) is 5.56 Å². The Kier molecular flexibility index (Phi) is 4.11. The number of H-pyrrole nitrogens is 1. The molecule has 1 heterocycles. The van der Waals surface area contributed by atoms with Crippen LogP contribution in [-0.4, -0.2) is 16.9 Å². The van der Waals surface area contributed by atoms with Crippen molar-refractivity contribution in [3.8, 4) is 0 Å². The van der Waals surface area contributed by atoms with Crippen molar-refractivity contribution in [3.05, 3.63) is 58.2 Å². The summed E-state index contributed by atoms with van der Waals surface area (Å²) in [6.07, 6.45) is -0.932. The van der Waals surface area contributed by atoms with Crippen LogP contribution in [0.3, 0.4) is 0 Å². The second-order valence-electron chi connectivity index (χ2n) is 6.04. The maximum atomic E-state index is 14.0. The highest BCUT2D eigenvalue weighted by Crippen LogP contribution is 2.31. The monoisotopic (exact) mass is 340 g/mol. The fourth-order valence-electron chi connectivity index (χ4n) is 2.51. The molecule has 0 bridgehead atoms. The van der Waals surface area contributed by atoms with Gasteiger partial charge >= 0.3 is 6.18 Å². The number of nitrogens with one attached hydrogen (secondary N) is 2. The van der Waals surface area contributed by atoms with Gasteiger partial charge in [-0.1, -0.05) is 6.07 Å². The van der Waals surface area contributed by atoms with Crippen molar-refractivity contribution in [1.29, 1.82) is 0 Å². The first-order valence-corrected chi connectivity index (χ1v) is 7.59. The maximum absolute atomic E-state index is 14.0. The number of aromatic amines is 1. The molecule has 0 atom stereocenters. The Bertz CT molecular complexity index is 775. The van der Waals surface area contributed by atoms with Crippen LogP contribution in [0.25, 0.3) is 0 Å². The molecule has 0 spiro atoms. The number of rotatable bonds is 4. The predicted molar refractivity (Wildman–Crippen MR) is 80.2 cm³/mol. The van der Waals surface area contributed by atoms with Crippen molar-refractivity contribution in [2.45, 2.75) is 38.4 Å². The molecule has 0 radical (unpaired) electrons. The van der Waals surface area contributed by atoms with Crippen LogP contribution in [0.15, 0.2) is 24.4 Å². The molecule has 128 valence electrons. The highest BCUT2D eigenvalue weighted by Gasteiger charge is 2.31. The van der Waals surface area contributed by atoms with Crippen molar-refractivity contribution in [1.82, 2.24) is 10.3 Å². The summed E-state index contributed by atoms with van der Waals surface area (Å²) in [5.41, 5.74) is 0.893. The van der Waals surface area contributed by atoms with Gasteiger partial charge in [-0.2, -0.15) is 13.2 Å². The van der Waals surface area contributed by atoms with Crippen LogP contribution in [0.5, 0.6) is 0 Å². The van der Waals surface area contributed by atoms with Crippen LogP contribution in [0.2, 0.25) is 0 Å². The summed E-state index contributed by atoms with van der Waals surface area (Å²) < 4.78 is 51.7. The number of hydrogen-bond donors (Lipinski definition) is 2. The van der Waals surface area contributed by atoms with E-state index in [1.165, 1.54) is 0 Å². The van der Waals surface area contributed by atoms with Gasteiger partial charge < -0.3 is 10.3 Å². The van der Waals surface area contributed by atoms with E-state index in [0.717, 1.165) is 25.0 Å². The second kappa shape index (κ2) is 5.96. The van der Waals surface area contributed by atoms with Crippen molar-refractivity contribution < 1.29 is 22.4 Å². The number of hydrogen-bond acceptors (Lipinski definition) is 1. The van der Waals surface area contributed by atoms with E-state index in [2.05, 4.69) is 10.3 Å². The molecule has 0 unspecified atom stereocenters. The Balaban J connectivity index is 1.79. The van der Waals surface area contributed by atoms with E-state index in [1.54, 1.807) is 13.1 Å². The molecule has 1 amide bonds. The zero-order valence-electron chi connectivity index (χ0n) is 12.9. The lowest BCUT2D eigenvalue weighted by atomic mass is 10.0. The van der Waals surface area contributed by atoms with Crippen LogP contribution < -0.4 is 5.32 Å². The normalized spacial score (nSPS) is 14.7. The van der Waals surface area contributed by atoms with E-state index < -0.39 is 17.6 Å². The molecule has 7 heteroatoms. The minimum Gasteiger partial charge on any atom is -0.357 e. The number of carbonyl (C=O) groups is 1. The van der Waals surface area contributed by atoms with Gasteiger partial charge in [-0.15, -0.1) is 0 Å². The summed E-state index contributed by atoms with van der Waals surface area (Å²) in [7, 11) is 0. The average Bonchev–Trinajstić information content (AvgIpc) is 3.23. The second-order valence-corrected chi connectivity index (χ2v) is 6.04. The summed E-state index contributed by atoms with van der Waals surface area (Å²) in [6.45, 7) is 1.73. The van der Waals surface area contributed by atoms with Gasteiger partial charge in [0.15, 0.2) is 0 Å². The van der Waals surface area contributed by atoms with E-state index in [-0.39, 0.29) is 23.9 Å². The molecule has 0 saturated heterocycles. The molecule has 3 rings (SSSR count). The minimum absolute atomic E-state index is 0.114. The number of aromatic nitrogens is 1. The topological polar surface area (TPSA) is 44.9 Å². The fraction of sp³-hybridized carbons (Fsp3) is 0.353. The smallest absolute Gasteiger partial charge is 0.357 e. The molecule has 1 aliphatic carbocycles. The zero-order valence-corrected chi connectivity index (χ0v) is 12.9. The molecular weight excluding hydrogens is 324 g/mol. The Morgan fingerprint density at radius 3 is 2.58 bits per heavy atom. The predicted octanol–water partition coefficient (Wildman–Crippen LogP) is 3.96. The fourth-order valence-corrected chi connectivity index (χ4v) is 2.51. The third-order valence-electron chi connectivity index (χ3n) is 4.15. The van der Waals surface area contributed by atoms with Crippen molar-refractivity contribution >= 4 is 5.91 Å². The standard InChI is InChI=1S/C17H16F4N2O/c1-9-11(8-22-15(9)16(24)23-13-4-5-13)6-10-2-3-12(7-14(10)18)17(19,20)21/h2-3,7-8,13,22H,4-6H2,1H3,(H,23,24). The zero-order chi connectivity index (χ0) is 17.5. The molecule has 3 nitrogen and oxygen atoms in total. The first-order chi connectivity index (χ1) is 11.3. The lowest BCUT2D eigenvalue weighted by molar-refractivity contribution is -0.137. The van der Waals surface area contributed by atoms with E-state index in [4.69, 9.17) is 0 Å². The molecule has 24 heavy (non-hydrogen) atoms. The van der Waals surface area contributed by atoms with Gasteiger partial charge in [-0.05, 0) is 48.6 Å². The summed E-state index contributed by atoms with van der Waals surface area (Å²) in [5.74, 6) is -1.12. The molecule has 1 saturated carbocycles. The molecule has 1 aromatic heterocycles. The number of benzene rings is 1. The Morgan fingerprint density at radius 2 is 2.00 bits per heavy atom. The van der Waals surface area contributed by atoms with Gasteiger partial charge in [0.2, 0.25) is 0 Å². The molecule has 1 fully saturated rings. The third-order valence-corrected chi connectivity index (χ3v) is 4.15. The van der Waals surface area contributed by atoms with E-state index in [0.29, 0.717) is 22.9 Å². The first kappa shape index (κ1) is 16.5. The Hall–Kier alpha value is -2.31. The van der Waals surface area contributed by atoms with E-state index in [9.17, 15) is 22.4 Å². The number of halogens is 4. The van der Waals surface area contributed by atoms with Crippen molar-refractivity contribution in [2.75, 3.05) is 0 Å². The highest BCUT2D eigenvalue weighted by molar-refractivity contribution is 5.94. The van der Waals surface area contributed by atoms with Crippen LogP contribution in [0.1, 0.15) is 45.6 Å². The van der Waals surface area contributed by atoms with E-state index in [1.807, 2.05) is 0 Å². The molecule has 0 aliphatic heterocycles. The molecule has 2 aromatic rings. The lowest BCUT2D eigenvalue weighted by Gasteiger charge is -2.09. The van der Waals surface area contributed by atoms with Gasteiger partial charge in [0.1, 0.15) is 11.5 Å². The molecule has 2 N–H and O–H groups in total.